The summed E-state index contributed by atoms with van der Waals surface area (Å²) in [5.74, 6) is 1.95. The standard InChI is InChI=1S/C18H17N5O3/c24-17(21-10-13-1-3-15-16(9-13)26-12-25-15)4-2-14-5-6-20-18(22-14)23-8-7-19-11-23/h1,3,5-9,11H,2,4,10,12H2,(H,21,24). The summed E-state index contributed by atoms with van der Waals surface area (Å²) in [7, 11) is 0. The van der Waals surface area contributed by atoms with Gasteiger partial charge in [-0.25, -0.2) is 15.0 Å². The Kier molecular flexibility index (Phi) is 4.46. The highest BCUT2D eigenvalue weighted by molar-refractivity contribution is 5.76. The van der Waals surface area contributed by atoms with Gasteiger partial charge in [0.1, 0.15) is 6.33 Å². The number of aryl methyl sites for hydroxylation is 1. The third-order valence-corrected chi connectivity index (χ3v) is 3.97. The van der Waals surface area contributed by atoms with Crippen LogP contribution in [0, 0.1) is 0 Å². The van der Waals surface area contributed by atoms with Crippen molar-refractivity contribution in [2.75, 3.05) is 6.79 Å². The number of nitrogens with one attached hydrogen (secondary N) is 1. The molecule has 8 nitrogen and oxygen atoms in total. The average molecular weight is 351 g/mol. The van der Waals surface area contributed by atoms with E-state index in [2.05, 4.69) is 20.3 Å². The number of fused-ring (bicyclic) bond motifs is 1. The number of amides is 1. The number of carbonyl (C=O) groups excluding carboxylic acids is 1. The predicted octanol–water partition coefficient (Wildman–Crippen LogP) is 1.64. The number of rotatable bonds is 6. The lowest BCUT2D eigenvalue weighted by molar-refractivity contribution is -0.121. The van der Waals surface area contributed by atoms with Crippen molar-refractivity contribution in [3.05, 3.63) is 60.4 Å². The summed E-state index contributed by atoms with van der Waals surface area (Å²) in [4.78, 5) is 24.7. The normalized spacial score (nSPS) is 12.2. The van der Waals surface area contributed by atoms with E-state index >= 15 is 0 Å². The van der Waals surface area contributed by atoms with Gasteiger partial charge in [0.05, 0.1) is 0 Å². The maximum Gasteiger partial charge on any atom is 0.235 e. The molecule has 2 aromatic heterocycles. The second kappa shape index (κ2) is 7.22. The zero-order chi connectivity index (χ0) is 17.8. The van der Waals surface area contributed by atoms with Crippen molar-refractivity contribution in [2.45, 2.75) is 19.4 Å². The van der Waals surface area contributed by atoms with E-state index in [1.807, 2.05) is 24.3 Å². The number of benzene rings is 1. The molecule has 1 aliphatic rings. The molecule has 0 fully saturated rings. The van der Waals surface area contributed by atoms with Crippen LogP contribution < -0.4 is 14.8 Å². The second-order valence-corrected chi connectivity index (χ2v) is 5.78. The Labute approximate surface area is 149 Å². The van der Waals surface area contributed by atoms with Gasteiger partial charge in [-0.05, 0) is 30.2 Å². The molecule has 0 bridgehead atoms. The minimum absolute atomic E-state index is 0.0366. The number of imidazole rings is 1. The molecular formula is C18H17N5O3. The van der Waals surface area contributed by atoms with Crippen LogP contribution >= 0.6 is 0 Å². The summed E-state index contributed by atoms with van der Waals surface area (Å²) >= 11 is 0. The fraction of sp³-hybridized carbons (Fsp3) is 0.222. The van der Waals surface area contributed by atoms with E-state index < -0.39 is 0 Å². The van der Waals surface area contributed by atoms with E-state index in [4.69, 9.17) is 9.47 Å². The molecule has 1 N–H and O–H groups in total. The first-order chi connectivity index (χ1) is 12.8. The van der Waals surface area contributed by atoms with E-state index in [-0.39, 0.29) is 12.7 Å². The molecule has 1 aliphatic heterocycles. The topological polar surface area (TPSA) is 91.2 Å². The minimum atomic E-state index is -0.0366. The predicted molar refractivity (Wildman–Crippen MR) is 91.9 cm³/mol. The Morgan fingerprint density at radius 1 is 1.19 bits per heavy atom. The molecule has 3 heterocycles. The zero-order valence-electron chi connectivity index (χ0n) is 14.0. The van der Waals surface area contributed by atoms with Crippen molar-refractivity contribution in [1.29, 1.82) is 0 Å². The number of hydrogen-bond donors (Lipinski definition) is 1. The minimum Gasteiger partial charge on any atom is -0.454 e. The molecule has 3 aromatic rings. The molecular weight excluding hydrogens is 334 g/mol. The smallest absolute Gasteiger partial charge is 0.235 e. The van der Waals surface area contributed by atoms with Crippen LogP contribution in [-0.4, -0.2) is 32.2 Å². The van der Waals surface area contributed by atoms with Crippen LogP contribution in [0.1, 0.15) is 17.7 Å². The lowest BCUT2D eigenvalue weighted by Gasteiger charge is -2.07. The van der Waals surface area contributed by atoms with E-state index in [0.717, 1.165) is 17.0 Å². The van der Waals surface area contributed by atoms with E-state index in [1.165, 1.54) is 0 Å². The second-order valence-electron chi connectivity index (χ2n) is 5.78. The monoisotopic (exact) mass is 351 g/mol. The Balaban J connectivity index is 1.30. The maximum atomic E-state index is 12.1. The van der Waals surface area contributed by atoms with Gasteiger partial charge in [0.25, 0.3) is 0 Å². The summed E-state index contributed by atoms with van der Waals surface area (Å²) in [5.41, 5.74) is 1.77. The molecule has 0 atom stereocenters. The molecule has 8 heteroatoms. The Bertz CT molecular complexity index is 911. The van der Waals surface area contributed by atoms with Crippen LogP contribution in [0.4, 0.5) is 0 Å². The van der Waals surface area contributed by atoms with E-state index in [9.17, 15) is 4.79 Å². The van der Waals surface area contributed by atoms with Crippen LogP contribution in [0.25, 0.3) is 5.95 Å². The fourth-order valence-electron chi connectivity index (χ4n) is 2.61. The zero-order valence-corrected chi connectivity index (χ0v) is 14.0. The van der Waals surface area contributed by atoms with Crippen molar-refractivity contribution >= 4 is 5.91 Å². The summed E-state index contributed by atoms with van der Waals surface area (Å²) < 4.78 is 12.3. The van der Waals surface area contributed by atoms with Crippen LogP contribution in [-0.2, 0) is 17.8 Å². The quantitative estimate of drug-likeness (QED) is 0.726. The van der Waals surface area contributed by atoms with Gasteiger partial charge in [-0.3, -0.25) is 9.36 Å². The van der Waals surface area contributed by atoms with E-state index in [1.54, 1.807) is 29.5 Å². The van der Waals surface area contributed by atoms with Gasteiger partial charge < -0.3 is 14.8 Å². The first-order valence-corrected chi connectivity index (χ1v) is 8.23. The average Bonchev–Trinajstić information content (AvgIpc) is 3.36. The molecule has 0 radical (unpaired) electrons. The van der Waals surface area contributed by atoms with Gasteiger partial charge in [-0.15, -0.1) is 0 Å². The highest BCUT2D eigenvalue weighted by Crippen LogP contribution is 2.32. The number of aromatic nitrogens is 4. The SMILES string of the molecule is O=C(CCc1ccnc(-n2ccnc2)n1)NCc1ccc2c(c1)OCO2. The van der Waals surface area contributed by atoms with Crippen molar-refractivity contribution < 1.29 is 14.3 Å². The maximum absolute atomic E-state index is 12.1. The van der Waals surface area contributed by atoms with Gasteiger partial charge in [-0.2, -0.15) is 0 Å². The Morgan fingerprint density at radius 3 is 3.00 bits per heavy atom. The molecule has 132 valence electrons. The molecule has 1 amide bonds. The Hall–Kier alpha value is -3.42. The molecule has 0 spiro atoms. The number of ether oxygens (including phenoxy) is 2. The van der Waals surface area contributed by atoms with Crippen molar-refractivity contribution in [1.82, 2.24) is 24.8 Å². The van der Waals surface area contributed by atoms with Crippen molar-refractivity contribution in [3.63, 3.8) is 0 Å². The Morgan fingerprint density at radius 2 is 2.12 bits per heavy atom. The van der Waals surface area contributed by atoms with Gasteiger partial charge in [0.2, 0.25) is 18.6 Å². The molecule has 0 saturated carbocycles. The highest BCUT2D eigenvalue weighted by Gasteiger charge is 2.13. The van der Waals surface area contributed by atoms with Gasteiger partial charge in [0, 0.05) is 37.3 Å². The summed E-state index contributed by atoms with van der Waals surface area (Å²) in [6, 6.07) is 7.45. The molecule has 1 aromatic carbocycles. The van der Waals surface area contributed by atoms with Crippen molar-refractivity contribution in [2.24, 2.45) is 0 Å². The molecule has 0 unspecified atom stereocenters. The lowest BCUT2D eigenvalue weighted by Crippen LogP contribution is -2.23. The summed E-state index contributed by atoms with van der Waals surface area (Å²) in [6.45, 7) is 0.685. The van der Waals surface area contributed by atoms with Crippen LogP contribution in [0.2, 0.25) is 0 Å². The molecule has 4 rings (SSSR count). The van der Waals surface area contributed by atoms with Crippen LogP contribution in [0.15, 0.2) is 49.2 Å². The molecule has 26 heavy (non-hydrogen) atoms. The third kappa shape index (κ3) is 3.64. The van der Waals surface area contributed by atoms with Gasteiger partial charge in [-0.1, -0.05) is 6.07 Å². The fourth-order valence-corrected chi connectivity index (χ4v) is 2.61. The van der Waals surface area contributed by atoms with Gasteiger partial charge in [0.15, 0.2) is 11.5 Å². The number of nitrogens with zero attached hydrogens (tertiary/aromatic N) is 4. The largest absolute Gasteiger partial charge is 0.454 e. The summed E-state index contributed by atoms with van der Waals surface area (Å²) in [5, 5.41) is 2.91. The molecule has 0 aliphatic carbocycles. The molecule has 0 saturated heterocycles. The first kappa shape index (κ1) is 16.1. The van der Waals surface area contributed by atoms with Gasteiger partial charge >= 0.3 is 0 Å². The summed E-state index contributed by atoms with van der Waals surface area (Å²) in [6.07, 6.45) is 7.65. The first-order valence-electron chi connectivity index (χ1n) is 8.23. The third-order valence-electron chi connectivity index (χ3n) is 3.97. The van der Waals surface area contributed by atoms with Crippen LogP contribution in [0.3, 0.4) is 0 Å². The number of hydrogen-bond acceptors (Lipinski definition) is 6. The van der Waals surface area contributed by atoms with E-state index in [0.29, 0.717) is 31.1 Å². The van der Waals surface area contributed by atoms with Crippen LogP contribution in [0.5, 0.6) is 11.5 Å². The number of carbonyl (C=O) groups is 1. The lowest BCUT2D eigenvalue weighted by atomic mass is 10.2. The van der Waals surface area contributed by atoms with Crippen molar-refractivity contribution in [3.8, 4) is 17.4 Å². The highest BCUT2D eigenvalue weighted by atomic mass is 16.7.